The molecule has 3 rings (SSSR count). The molecule has 0 saturated heterocycles. The Morgan fingerprint density at radius 1 is 1.25 bits per heavy atom. The van der Waals surface area contributed by atoms with E-state index in [1.165, 1.54) is 25.6 Å². The quantitative estimate of drug-likeness (QED) is 0.573. The summed E-state index contributed by atoms with van der Waals surface area (Å²) in [4.78, 5) is 16.0. The van der Waals surface area contributed by atoms with Crippen LogP contribution in [0.15, 0.2) is 47.6 Å². The van der Waals surface area contributed by atoms with Crippen molar-refractivity contribution < 1.29 is 17.9 Å². The number of hydrogen-bond acceptors (Lipinski definition) is 6. The number of fused-ring (bicyclic) bond motifs is 1. The molecule has 24 heavy (non-hydrogen) atoms. The van der Waals surface area contributed by atoms with E-state index in [4.69, 9.17) is 5.73 Å². The van der Waals surface area contributed by atoms with Crippen LogP contribution in [-0.4, -0.2) is 37.3 Å². The normalized spacial score (nSPS) is 11.6. The average Bonchev–Trinajstić information content (AvgIpc) is 2.96. The molecule has 0 amide bonds. The Balaban J connectivity index is 2.36. The molecule has 0 bridgehead atoms. The standard InChI is InChI=1S/C16H15N3O4S/c1-23-16(20)10-7-15(24(2,21)22)14(8-11(10)17)19-9-18-12-5-3-4-6-13(12)19/h3-9H,17H2,1-2H3. The Bertz CT molecular complexity index is 1050. The maximum atomic E-state index is 12.2. The number of para-hydroxylation sites is 2. The van der Waals surface area contributed by atoms with Crippen molar-refractivity contribution in [2.45, 2.75) is 4.90 Å². The number of nitrogens with two attached hydrogens (primary N) is 1. The summed E-state index contributed by atoms with van der Waals surface area (Å²) in [6.07, 6.45) is 2.59. The highest BCUT2D eigenvalue weighted by Crippen LogP contribution is 2.29. The van der Waals surface area contributed by atoms with Crippen molar-refractivity contribution in [2.24, 2.45) is 0 Å². The lowest BCUT2D eigenvalue weighted by Gasteiger charge is -2.13. The minimum absolute atomic E-state index is 0.00564. The van der Waals surface area contributed by atoms with Gasteiger partial charge in [-0.1, -0.05) is 12.1 Å². The van der Waals surface area contributed by atoms with Crippen molar-refractivity contribution >= 4 is 32.5 Å². The van der Waals surface area contributed by atoms with E-state index in [0.29, 0.717) is 11.2 Å². The van der Waals surface area contributed by atoms with Gasteiger partial charge in [0.25, 0.3) is 0 Å². The molecule has 7 nitrogen and oxygen atoms in total. The van der Waals surface area contributed by atoms with Gasteiger partial charge < -0.3 is 10.5 Å². The largest absolute Gasteiger partial charge is 0.465 e. The third kappa shape index (κ3) is 2.61. The number of ether oxygens (including phenoxy) is 1. The van der Waals surface area contributed by atoms with Gasteiger partial charge in [0.05, 0.1) is 34.3 Å². The topological polar surface area (TPSA) is 104 Å². The van der Waals surface area contributed by atoms with Crippen LogP contribution in [0.25, 0.3) is 16.7 Å². The highest BCUT2D eigenvalue weighted by Gasteiger charge is 2.22. The van der Waals surface area contributed by atoms with Crippen LogP contribution in [0.1, 0.15) is 10.4 Å². The Kier molecular flexibility index (Phi) is 3.76. The molecule has 2 N–H and O–H groups in total. The minimum atomic E-state index is -3.62. The first-order chi connectivity index (χ1) is 11.3. The van der Waals surface area contributed by atoms with Crippen LogP contribution in [0.3, 0.4) is 0 Å². The van der Waals surface area contributed by atoms with Crippen LogP contribution >= 0.6 is 0 Å². The van der Waals surface area contributed by atoms with Crippen LogP contribution in [0, 0.1) is 0 Å². The summed E-state index contributed by atoms with van der Waals surface area (Å²) in [7, 11) is -2.41. The number of nitrogens with zero attached hydrogens (tertiary/aromatic N) is 2. The zero-order chi connectivity index (χ0) is 17.5. The van der Waals surface area contributed by atoms with Gasteiger partial charge in [-0.05, 0) is 24.3 Å². The number of sulfone groups is 1. The average molecular weight is 345 g/mol. The highest BCUT2D eigenvalue weighted by molar-refractivity contribution is 7.90. The molecule has 0 radical (unpaired) electrons. The zero-order valence-corrected chi connectivity index (χ0v) is 13.9. The van der Waals surface area contributed by atoms with E-state index in [9.17, 15) is 13.2 Å². The van der Waals surface area contributed by atoms with Gasteiger partial charge in [0.2, 0.25) is 0 Å². The molecule has 0 spiro atoms. The SMILES string of the molecule is COC(=O)c1cc(S(C)(=O)=O)c(-n2cnc3ccccc32)cc1N. The molecule has 8 heteroatoms. The molecule has 1 aromatic heterocycles. The predicted molar refractivity (Wildman–Crippen MR) is 89.9 cm³/mol. The number of carbonyl (C=O) groups excluding carboxylic acids is 1. The van der Waals surface area contributed by atoms with Crippen LogP contribution in [0.2, 0.25) is 0 Å². The zero-order valence-electron chi connectivity index (χ0n) is 13.1. The Morgan fingerprint density at radius 2 is 1.96 bits per heavy atom. The van der Waals surface area contributed by atoms with Gasteiger partial charge >= 0.3 is 5.97 Å². The number of imidazole rings is 1. The smallest absolute Gasteiger partial charge is 0.340 e. The molecule has 0 fully saturated rings. The molecule has 3 aromatic rings. The van der Waals surface area contributed by atoms with E-state index in [1.54, 1.807) is 4.57 Å². The lowest BCUT2D eigenvalue weighted by Crippen LogP contribution is -2.11. The summed E-state index contributed by atoms with van der Waals surface area (Å²) < 4.78 is 30.7. The number of anilines is 1. The van der Waals surface area contributed by atoms with Gasteiger partial charge in [-0.2, -0.15) is 0 Å². The van der Waals surface area contributed by atoms with E-state index in [-0.39, 0.29) is 16.1 Å². The maximum absolute atomic E-state index is 12.2. The second kappa shape index (κ2) is 5.64. The van der Waals surface area contributed by atoms with Crippen molar-refractivity contribution in [1.29, 1.82) is 0 Å². The van der Waals surface area contributed by atoms with Gasteiger partial charge in [0.15, 0.2) is 9.84 Å². The number of nitrogen functional groups attached to an aromatic ring is 1. The summed E-state index contributed by atoms with van der Waals surface area (Å²) in [5.41, 5.74) is 7.84. The molecule has 0 unspecified atom stereocenters. The maximum Gasteiger partial charge on any atom is 0.340 e. The number of esters is 1. The number of benzene rings is 2. The number of methoxy groups -OCH3 is 1. The summed E-state index contributed by atoms with van der Waals surface area (Å²) in [5.74, 6) is -0.695. The van der Waals surface area contributed by atoms with Crippen LogP contribution in [-0.2, 0) is 14.6 Å². The fourth-order valence-corrected chi connectivity index (χ4v) is 3.38. The Labute approximate surface area is 138 Å². The highest BCUT2D eigenvalue weighted by atomic mass is 32.2. The molecular weight excluding hydrogens is 330 g/mol. The number of hydrogen-bond donors (Lipinski definition) is 1. The molecule has 2 aromatic carbocycles. The van der Waals surface area contributed by atoms with Gasteiger partial charge in [-0.15, -0.1) is 0 Å². The predicted octanol–water partition coefficient (Wildman–Crippen LogP) is 1.80. The van der Waals surface area contributed by atoms with E-state index >= 15 is 0 Å². The third-order valence-electron chi connectivity index (χ3n) is 3.65. The van der Waals surface area contributed by atoms with E-state index in [1.807, 2.05) is 24.3 Å². The summed E-state index contributed by atoms with van der Waals surface area (Å²) in [6, 6.07) is 9.98. The summed E-state index contributed by atoms with van der Waals surface area (Å²) in [6.45, 7) is 0. The molecule has 1 heterocycles. The number of rotatable bonds is 3. The molecule has 0 atom stereocenters. The molecule has 0 saturated carbocycles. The first kappa shape index (κ1) is 16.0. The van der Waals surface area contributed by atoms with Gasteiger partial charge in [0, 0.05) is 11.9 Å². The van der Waals surface area contributed by atoms with Crippen molar-refractivity contribution in [2.75, 3.05) is 19.1 Å². The third-order valence-corrected chi connectivity index (χ3v) is 4.77. The van der Waals surface area contributed by atoms with Crippen LogP contribution in [0.4, 0.5) is 5.69 Å². The lowest BCUT2D eigenvalue weighted by molar-refractivity contribution is 0.0601. The van der Waals surface area contributed by atoms with Gasteiger partial charge in [0.1, 0.15) is 6.33 Å². The molecule has 124 valence electrons. The van der Waals surface area contributed by atoms with Crippen molar-refractivity contribution in [3.8, 4) is 5.69 Å². The minimum Gasteiger partial charge on any atom is -0.465 e. The molecule has 0 aliphatic heterocycles. The van der Waals surface area contributed by atoms with Crippen molar-refractivity contribution in [3.63, 3.8) is 0 Å². The molecule has 0 aliphatic carbocycles. The second-order valence-electron chi connectivity index (χ2n) is 5.27. The van der Waals surface area contributed by atoms with Crippen molar-refractivity contribution in [3.05, 3.63) is 48.3 Å². The molecule has 0 aliphatic rings. The van der Waals surface area contributed by atoms with Gasteiger partial charge in [-0.3, -0.25) is 4.57 Å². The van der Waals surface area contributed by atoms with Gasteiger partial charge in [-0.25, -0.2) is 18.2 Å². The summed E-state index contributed by atoms with van der Waals surface area (Å²) >= 11 is 0. The first-order valence-corrected chi connectivity index (χ1v) is 8.86. The number of aromatic nitrogens is 2. The van der Waals surface area contributed by atoms with Crippen LogP contribution in [0.5, 0.6) is 0 Å². The first-order valence-electron chi connectivity index (χ1n) is 6.97. The van der Waals surface area contributed by atoms with E-state index in [0.717, 1.165) is 11.8 Å². The number of carbonyl (C=O) groups is 1. The van der Waals surface area contributed by atoms with Crippen LogP contribution < -0.4 is 5.73 Å². The Morgan fingerprint density at radius 3 is 2.62 bits per heavy atom. The summed E-state index contributed by atoms with van der Waals surface area (Å²) in [5, 5.41) is 0. The van der Waals surface area contributed by atoms with E-state index in [2.05, 4.69) is 9.72 Å². The second-order valence-corrected chi connectivity index (χ2v) is 7.26. The Hall–Kier alpha value is -2.87. The fourth-order valence-electron chi connectivity index (χ4n) is 2.51. The lowest BCUT2D eigenvalue weighted by atomic mass is 10.1. The molecular formula is C16H15N3O4S. The van der Waals surface area contributed by atoms with E-state index < -0.39 is 15.8 Å². The monoisotopic (exact) mass is 345 g/mol. The fraction of sp³-hybridized carbons (Fsp3) is 0.125. The van der Waals surface area contributed by atoms with Crippen molar-refractivity contribution in [1.82, 2.24) is 9.55 Å².